The molecule has 0 saturated carbocycles. The van der Waals surface area contributed by atoms with Gasteiger partial charge in [-0.25, -0.2) is 4.68 Å². The van der Waals surface area contributed by atoms with Crippen LogP contribution in [0.4, 0.5) is 5.82 Å². The number of anilines is 1. The minimum atomic E-state index is 0.398. The molecule has 2 aromatic rings. The van der Waals surface area contributed by atoms with Crippen LogP contribution in [0.15, 0.2) is 29.3 Å². The van der Waals surface area contributed by atoms with Crippen LogP contribution in [-0.2, 0) is 6.42 Å². The molecule has 31 heavy (non-hydrogen) atoms. The summed E-state index contributed by atoms with van der Waals surface area (Å²) < 4.78 is 1.66. The topological polar surface area (TPSA) is 95.3 Å². The Labute approximate surface area is 189 Å². The van der Waals surface area contributed by atoms with E-state index < -0.39 is 0 Å². The highest BCUT2D eigenvalue weighted by atomic mass is 32.2. The number of thioether (sulfide) groups is 1. The van der Waals surface area contributed by atoms with Crippen LogP contribution in [0, 0.1) is 18.3 Å². The number of hydrogen-bond donors (Lipinski definition) is 2. The van der Waals surface area contributed by atoms with Gasteiger partial charge in [-0.2, -0.15) is 22.1 Å². The number of nitrogens with one attached hydrogen (secondary N) is 1. The van der Waals surface area contributed by atoms with Gasteiger partial charge in [0.15, 0.2) is 5.96 Å². The van der Waals surface area contributed by atoms with Crippen molar-refractivity contribution < 1.29 is 0 Å². The summed E-state index contributed by atoms with van der Waals surface area (Å²) >= 11 is 2.06. The van der Waals surface area contributed by atoms with Gasteiger partial charge in [0.2, 0.25) is 0 Å². The predicted octanol–water partition coefficient (Wildman–Crippen LogP) is 3.36. The van der Waals surface area contributed by atoms with Gasteiger partial charge < -0.3 is 16.0 Å². The quantitative estimate of drug-likeness (QED) is 0.390. The van der Waals surface area contributed by atoms with Gasteiger partial charge in [0.05, 0.1) is 11.4 Å². The molecule has 1 saturated heterocycles. The molecule has 2 heterocycles. The number of nitrogen functional groups attached to an aromatic ring is 1. The van der Waals surface area contributed by atoms with E-state index in [4.69, 9.17) is 10.7 Å². The van der Waals surface area contributed by atoms with E-state index in [2.05, 4.69) is 47.0 Å². The molecule has 1 aliphatic rings. The van der Waals surface area contributed by atoms with Crippen LogP contribution in [0.25, 0.3) is 5.69 Å². The number of aliphatic imine (C=N–C) groups is 1. The van der Waals surface area contributed by atoms with E-state index in [9.17, 15) is 5.26 Å². The maximum Gasteiger partial charge on any atom is 0.193 e. The van der Waals surface area contributed by atoms with Gasteiger partial charge in [-0.1, -0.05) is 24.6 Å². The number of aromatic nitrogens is 2. The summed E-state index contributed by atoms with van der Waals surface area (Å²) in [5.41, 5.74) is 9.47. The van der Waals surface area contributed by atoms with Crippen LogP contribution in [0.3, 0.4) is 0 Å². The number of aryl methyl sites for hydroxylation is 2. The van der Waals surface area contributed by atoms with E-state index in [1.807, 2.05) is 31.2 Å². The SMILES string of the molecule is CCNC(=NCCCc1nn(-c2ccc(C)cc2)c(N)c1C#N)N1CCSC(CC)C1. The van der Waals surface area contributed by atoms with Crippen molar-refractivity contribution in [3.05, 3.63) is 41.1 Å². The number of nitrogens with two attached hydrogens (primary N) is 1. The number of nitrogens with zero attached hydrogens (tertiary/aromatic N) is 5. The third kappa shape index (κ3) is 5.73. The first-order valence-corrected chi connectivity index (χ1v) is 12.1. The summed E-state index contributed by atoms with van der Waals surface area (Å²) in [5, 5.41) is 18.3. The molecule has 166 valence electrons. The fourth-order valence-electron chi connectivity index (χ4n) is 3.67. The lowest BCUT2D eigenvalue weighted by Crippen LogP contribution is -2.48. The molecule has 1 unspecified atom stereocenters. The first-order valence-electron chi connectivity index (χ1n) is 11.1. The van der Waals surface area contributed by atoms with Crippen LogP contribution in [0.1, 0.15) is 43.5 Å². The second-order valence-electron chi connectivity index (χ2n) is 7.75. The molecule has 1 aromatic carbocycles. The fraction of sp³-hybridized carbons (Fsp3) is 0.522. The monoisotopic (exact) mass is 439 g/mol. The van der Waals surface area contributed by atoms with E-state index in [0.29, 0.717) is 29.6 Å². The minimum absolute atomic E-state index is 0.398. The highest BCUT2D eigenvalue weighted by Gasteiger charge is 2.21. The van der Waals surface area contributed by atoms with Crippen molar-refractivity contribution in [2.24, 2.45) is 4.99 Å². The van der Waals surface area contributed by atoms with Gasteiger partial charge in [-0.05, 0) is 45.2 Å². The Bertz CT molecular complexity index is 927. The molecule has 1 aliphatic heterocycles. The van der Waals surface area contributed by atoms with Gasteiger partial charge in [-0.3, -0.25) is 4.99 Å². The number of benzene rings is 1. The number of nitriles is 1. The van der Waals surface area contributed by atoms with Crippen molar-refractivity contribution in [3.8, 4) is 11.8 Å². The normalized spacial score (nSPS) is 16.9. The Morgan fingerprint density at radius 1 is 1.35 bits per heavy atom. The third-order valence-corrected chi connectivity index (χ3v) is 6.82. The Hall–Kier alpha value is -2.66. The first kappa shape index (κ1) is 23.0. The second-order valence-corrected chi connectivity index (χ2v) is 9.16. The Kier molecular flexibility index (Phi) is 8.24. The largest absolute Gasteiger partial charge is 0.382 e. The average molecular weight is 440 g/mol. The number of hydrogen-bond acceptors (Lipinski definition) is 5. The molecule has 1 aromatic heterocycles. The van der Waals surface area contributed by atoms with Crippen molar-refractivity contribution in [3.63, 3.8) is 0 Å². The van der Waals surface area contributed by atoms with E-state index in [1.54, 1.807) is 4.68 Å². The lowest BCUT2D eigenvalue weighted by molar-refractivity contribution is 0.408. The third-order valence-electron chi connectivity index (χ3n) is 5.45. The molecule has 3 N–H and O–H groups in total. The smallest absolute Gasteiger partial charge is 0.193 e. The van der Waals surface area contributed by atoms with Gasteiger partial charge in [0.25, 0.3) is 0 Å². The summed E-state index contributed by atoms with van der Waals surface area (Å²) in [7, 11) is 0. The van der Waals surface area contributed by atoms with E-state index in [-0.39, 0.29) is 0 Å². The Balaban J connectivity index is 1.67. The van der Waals surface area contributed by atoms with E-state index in [1.165, 1.54) is 12.0 Å². The molecule has 0 aliphatic carbocycles. The maximum atomic E-state index is 9.61. The van der Waals surface area contributed by atoms with E-state index in [0.717, 1.165) is 49.1 Å². The Morgan fingerprint density at radius 2 is 2.13 bits per heavy atom. The van der Waals surface area contributed by atoms with Crippen LogP contribution in [0.5, 0.6) is 0 Å². The first-order chi connectivity index (χ1) is 15.1. The standard InChI is InChI=1S/C23H33N7S/c1-4-19-16-29(13-14-31-19)23(26-5-2)27-12-6-7-21-20(15-24)22(25)30(28-21)18-10-8-17(3)9-11-18/h8-11,19H,4-7,12-14,16,25H2,1-3H3,(H,26,27). The second kappa shape index (κ2) is 11.1. The van der Waals surface area contributed by atoms with Gasteiger partial charge in [0, 0.05) is 37.2 Å². The summed E-state index contributed by atoms with van der Waals surface area (Å²) in [6, 6.07) is 10.2. The summed E-state index contributed by atoms with van der Waals surface area (Å²) in [5.74, 6) is 2.53. The maximum absolute atomic E-state index is 9.61. The molecule has 1 atom stereocenters. The van der Waals surface area contributed by atoms with Crippen molar-refractivity contribution in [1.29, 1.82) is 5.26 Å². The highest BCUT2D eigenvalue weighted by molar-refractivity contribution is 8.00. The molecule has 1 fully saturated rings. The molecule has 0 amide bonds. The molecule has 8 heteroatoms. The summed E-state index contributed by atoms with van der Waals surface area (Å²) in [6.45, 7) is 10.0. The number of rotatable bonds is 7. The van der Waals surface area contributed by atoms with Gasteiger partial charge in [-0.15, -0.1) is 0 Å². The predicted molar refractivity (Wildman–Crippen MR) is 130 cm³/mol. The van der Waals surface area contributed by atoms with Crippen molar-refractivity contribution in [1.82, 2.24) is 20.0 Å². The Morgan fingerprint density at radius 3 is 2.81 bits per heavy atom. The minimum Gasteiger partial charge on any atom is -0.382 e. The number of guanidine groups is 1. The fourth-order valence-corrected chi connectivity index (χ4v) is 4.85. The molecule has 0 radical (unpaired) electrons. The lowest BCUT2D eigenvalue weighted by atomic mass is 10.1. The zero-order valence-electron chi connectivity index (χ0n) is 18.8. The van der Waals surface area contributed by atoms with Gasteiger partial charge in [0.1, 0.15) is 17.5 Å². The van der Waals surface area contributed by atoms with Crippen molar-refractivity contribution in [2.75, 3.05) is 37.7 Å². The van der Waals surface area contributed by atoms with Crippen LogP contribution in [0.2, 0.25) is 0 Å². The highest BCUT2D eigenvalue weighted by Crippen LogP contribution is 2.23. The van der Waals surface area contributed by atoms with E-state index >= 15 is 0 Å². The van der Waals surface area contributed by atoms with Crippen molar-refractivity contribution in [2.45, 2.75) is 45.3 Å². The van der Waals surface area contributed by atoms with Crippen LogP contribution >= 0.6 is 11.8 Å². The molecule has 0 bridgehead atoms. The van der Waals surface area contributed by atoms with Crippen LogP contribution < -0.4 is 11.1 Å². The van der Waals surface area contributed by atoms with Crippen LogP contribution in [-0.4, -0.2) is 57.8 Å². The zero-order chi connectivity index (χ0) is 22.2. The average Bonchev–Trinajstić information content (AvgIpc) is 3.11. The summed E-state index contributed by atoms with van der Waals surface area (Å²) in [6.07, 6.45) is 2.67. The molecule has 3 rings (SSSR count). The molecule has 7 nitrogen and oxygen atoms in total. The van der Waals surface area contributed by atoms with Crippen molar-refractivity contribution >= 4 is 23.5 Å². The lowest BCUT2D eigenvalue weighted by Gasteiger charge is -2.34. The summed E-state index contributed by atoms with van der Waals surface area (Å²) in [4.78, 5) is 7.22. The molecular formula is C23H33N7S. The molecular weight excluding hydrogens is 406 g/mol. The molecule has 0 spiro atoms. The van der Waals surface area contributed by atoms with Gasteiger partial charge >= 0.3 is 0 Å². The zero-order valence-corrected chi connectivity index (χ0v) is 19.6.